The summed E-state index contributed by atoms with van der Waals surface area (Å²) in [5.74, 6) is 0. The van der Waals surface area contributed by atoms with Crippen LogP contribution in [0.25, 0.3) is 0 Å². The van der Waals surface area contributed by atoms with Crippen LogP contribution in [0.15, 0.2) is 0 Å². The predicted molar refractivity (Wildman–Crippen MR) is 86.7 cm³/mol. The molecule has 0 fully saturated rings. The average Bonchev–Trinajstić information content (AvgIpc) is 2.60. The molecule has 0 bridgehead atoms. The van der Waals surface area contributed by atoms with Crippen LogP contribution < -0.4 is 0 Å². The Labute approximate surface area is 144 Å². The molecule has 7 nitrogen and oxygen atoms in total. The second kappa shape index (κ2) is 16.2. The van der Waals surface area contributed by atoms with Gasteiger partial charge in [0.15, 0.2) is 0 Å². The Balaban J connectivity index is 4.69. The van der Waals surface area contributed by atoms with Gasteiger partial charge < -0.3 is 18.9 Å². The zero-order chi connectivity index (χ0) is 17.9. The first-order valence-corrected chi connectivity index (χ1v) is 8.16. The summed E-state index contributed by atoms with van der Waals surface area (Å²) in [6.45, 7) is 5.04. The van der Waals surface area contributed by atoms with E-state index in [9.17, 15) is 0 Å². The van der Waals surface area contributed by atoms with Crippen LogP contribution in [0.1, 0.15) is 32.6 Å². The topological polar surface area (TPSA) is 108 Å². The minimum absolute atomic E-state index is 0.316. The molecule has 0 unspecified atom stereocenters. The van der Waals surface area contributed by atoms with Gasteiger partial charge >= 0.3 is 0 Å². The van der Waals surface area contributed by atoms with E-state index in [1.165, 1.54) is 0 Å². The summed E-state index contributed by atoms with van der Waals surface area (Å²) in [4.78, 5) is 0. The van der Waals surface area contributed by atoms with Gasteiger partial charge in [-0.15, -0.1) is 0 Å². The number of hydrogen-bond donors (Lipinski definition) is 0. The summed E-state index contributed by atoms with van der Waals surface area (Å²) in [7, 11) is 0. The molecule has 0 aliphatic carbocycles. The molecule has 0 aromatic heterocycles. The molecule has 7 heteroatoms. The number of nitriles is 3. The van der Waals surface area contributed by atoms with Crippen LogP contribution in [0.2, 0.25) is 0 Å². The third kappa shape index (κ3) is 11.8. The molecule has 0 rings (SSSR count). The minimum atomic E-state index is -0.518. The molecule has 0 aliphatic rings. The summed E-state index contributed by atoms with van der Waals surface area (Å²) in [6, 6.07) is 6.11. The smallest absolute Gasteiger partial charge is 0.0645 e. The maximum absolute atomic E-state index is 8.60. The van der Waals surface area contributed by atoms with Gasteiger partial charge in [-0.25, -0.2) is 0 Å². The number of rotatable bonds is 16. The lowest BCUT2D eigenvalue weighted by molar-refractivity contribution is -0.105. The first kappa shape index (κ1) is 22.3. The van der Waals surface area contributed by atoms with Crippen molar-refractivity contribution >= 4 is 0 Å². The van der Waals surface area contributed by atoms with Gasteiger partial charge in [-0.2, -0.15) is 15.8 Å². The van der Waals surface area contributed by atoms with E-state index < -0.39 is 5.41 Å². The highest BCUT2D eigenvalue weighted by atomic mass is 16.5. The largest absolute Gasteiger partial charge is 0.381 e. The zero-order valence-corrected chi connectivity index (χ0v) is 14.5. The summed E-state index contributed by atoms with van der Waals surface area (Å²) >= 11 is 0. The quantitative estimate of drug-likeness (QED) is 0.397. The molecule has 134 valence electrons. The van der Waals surface area contributed by atoms with Crippen molar-refractivity contribution in [3.05, 3.63) is 0 Å². The second-order valence-corrected chi connectivity index (χ2v) is 5.43. The number of ether oxygens (including phenoxy) is 4. The van der Waals surface area contributed by atoms with Crippen LogP contribution >= 0.6 is 0 Å². The average molecular weight is 337 g/mol. The first-order valence-electron chi connectivity index (χ1n) is 8.16. The molecule has 0 amide bonds. The van der Waals surface area contributed by atoms with Crippen LogP contribution in [0.3, 0.4) is 0 Å². The van der Waals surface area contributed by atoms with E-state index in [-0.39, 0.29) is 0 Å². The van der Waals surface area contributed by atoms with E-state index in [4.69, 9.17) is 34.7 Å². The Bertz CT molecular complexity index is 368. The highest BCUT2D eigenvalue weighted by Crippen LogP contribution is 2.21. The van der Waals surface area contributed by atoms with E-state index in [0.29, 0.717) is 72.1 Å². The zero-order valence-electron chi connectivity index (χ0n) is 14.5. The molecule has 0 spiro atoms. The van der Waals surface area contributed by atoms with Gasteiger partial charge in [-0.3, -0.25) is 0 Å². The lowest BCUT2D eigenvalue weighted by Crippen LogP contribution is -2.42. The SMILES string of the molecule is CCCOCC(COCCC#N)(COCCC#N)COCCC#N. The monoisotopic (exact) mass is 337 g/mol. The molecule has 0 heterocycles. The maximum Gasteiger partial charge on any atom is 0.0645 e. The van der Waals surface area contributed by atoms with Crippen LogP contribution in [-0.4, -0.2) is 52.9 Å². The number of hydrogen-bond acceptors (Lipinski definition) is 7. The van der Waals surface area contributed by atoms with Crippen molar-refractivity contribution in [2.24, 2.45) is 5.41 Å². The van der Waals surface area contributed by atoms with E-state index in [1.807, 2.05) is 25.1 Å². The van der Waals surface area contributed by atoms with Crippen molar-refractivity contribution in [1.82, 2.24) is 0 Å². The Morgan fingerprint density at radius 2 is 0.958 bits per heavy atom. The van der Waals surface area contributed by atoms with Gasteiger partial charge in [0.05, 0.1) is 89.1 Å². The van der Waals surface area contributed by atoms with Crippen molar-refractivity contribution in [2.45, 2.75) is 32.6 Å². The van der Waals surface area contributed by atoms with Crippen LogP contribution in [0, 0.1) is 39.4 Å². The summed E-state index contributed by atoms with van der Waals surface area (Å²) < 4.78 is 22.5. The number of nitrogens with zero attached hydrogens (tertiary/aromatic N) is 3. The van der Waals surface area contributed by atoms with E-state index >= 15 is 0 Å². The molecule has 0 N–H and O–H groups in total. The van der Waals surface area contributed by atoms with Gasteiger partial charge in [0.25, 0.3) is 0 Å². The Kier molecular flexibility index (Phi) is 15.0. The molecular formula is C17H27N3O4. The Morgan fingerprint density at radius 1 is 0.625 bits per heavy atom. The molecule has 0 aromatic rings. The van der Waals surface area contributed by atoms with E-state index in [0.717, 1.165) is 6.42 Å². The fourth-order valence-corrected chi connectivity index (χ4v) is 1.90. The Morgan fingerprint density at radius 3 is 1.25 bits per heavy atom. The van der Waals surface area contributed by atoms with Crippen molar-refractivity contribution in [1.29, 1.82) is 15.8 Å². The summed E-state index contributed by atoms with van der Waals surface area (Å²) in [5, 5.41) is 25.8. The highest BCUT2D eigenvalue weighted by molar-refractivity contribution is 4.81. The lowest BCUT2D eigenvalue weighted by atomic mass is 9.92. The molecule has 24 heavy (non-hydrogen) atoms. The fraction of sp³-hybridized carbons (Fsp3) is 0.824. The van der Waals surface area contributed by atoms with Gasteiger partial charge in [-0.05, 0) is 6.42 Å². The van der Waals surface area contributed by atoms with Gasteiger partial charge in [0, 0.05) is 6.61 Å². The predicted octanol–water partition coefficient (Wildman–Crippen LogP) is 2.19. The van der Waals surface area contributed by atoms with E-state index in [1.54, 1.807) is 0 Å². The van der Waals surface area contributed by atoms with Crippen molar-refractivity contribution in [2.75, 3.05) is 52.9 Å². The van der Waals surface area contributed by atoms with Crippen molar-refractivity contribution < 1.29 is 18.9 Å². The van der Waals surface area contributed by atoms with Gasteiger partial charge in [0.1, 0.15) is 0 Å². The second-order valence-electron chi connectivity index (χ2n) is 5.43. The van der Waals surface area contributed by atoms with Crippen LogP contribution in [0.5, 0.6) is 0 Å². The minimum Gasteiger partial charge on any atom is -0.381 e. The first-order chi connectivity index (χ1) is 11.7. The molecule has 0 aliphatic heterocycles. The highest BCUT2D eigenvalue weighted by Gasteiger charge is 2.32. The molecule has 0 radical (unpaired) electrons. The van der Waals surface area contributed by atoms with Gasteiger partial charge in [-0.1, -0.05) is 6.92 Å². The molecular weight excluding hydrogens is 310 g/mol. The standard InChI is InChI=1S/C17H27N3O4/c1-2-9-21-13-17(14-22-10-3-6-18,15-23-11-4-7-19)16-24-12-5-8-20/h2-5,9-16H2,1H3. The van der Waals surface area contributed by atoms with Crippen molar-refractivity contribution in [3.63, 3.8) is 0 Å². The summed E-state index contributed by atoms with van der Waals surface area (Å²) in [6.07, 6.45) is 1.85. The maximum atomic E-state index is 8.60. The Hall–Kier alpha value is -1.69. The fourth-order valence-electron chi connectivity index (χ4n) is 1.90. The summed E-state index contributed by atoms with van der Waals surface area (Å²) in [5.41, 5.74) is -0.518. The van der Waals surface area contributed by atoms with Crippen LogP contribution in [0.4, 0.5) is 0 Å². The third-order valence-corrected chi connectivity index (χ3v) is 3.06. The molecule has 0 saturated heterocycles. The van der Waals surface area contributed by atoms with Crippen molar-refractivity contribution in [3.8, 4) is 18.2 Å². The molecule has 0 saturated carbocycles. The lowest BCUT2D eigenvalue weighted by Gasteiger charge is -2.32. The van der Waals surface area contributed by atoms with Gasteiger partial charge in [0.2, 0.25) is 0 Å². The third-order valence-electron chi connectivity index (χ3n) is 3.06. The molecule has 0 aromatic carbocycles. The normalized spacial score (nSPS) is 10.8. The van der Waals surface area contributed by atoms with E-state index in [2.05, 4.69) is 0 Å². The van der Waals surface area contributed by atoms with Crippen LogP contribution in [-0.2, 0) is 18.9 Å². The molecule has 0 atom stereocenters.